The van der Waals surface area contributed by atoms with Gasteiger partial charge in [-0.25, -0.2) is 4.98 Å². The van der Waals surface area contributed by atoms with Gasteiger partial charge in [-0.2, -0.15) is 0 Å². The fourth-order valence-electron chi connectivity index (χ4n) is 2.74. The van der Waals surface area contributed by atoms with E-state index in [1.165, 1.54) is 0 Å². The second-order valence-electron chi connectivity index (χ2n) is 5.98. The van der Waals surface area contributed by atoms with Crippen molar-refractivity contribution < 1.29 is 4.79 Å². The van der Waals surface area contributed by atoms with Crippen LogP contribution in [-0.2, 0) is 0 Å². The molecule has 3 heterocycles. The van der Waals surface area contributed by atoms with Crippen LogP contribution in [0.2, 0.25) is 0 Å². The summed E-state index contributed by atoms with van der Waals surface area (Å²) in [5, 5.41) is 2.93. The number of rotatable bonds is 3. The third-order valence-electron chi connectivity index (χ3n) is 4.12. The zero-order valence-electron chi connectivity index (χ0n) is 13.8. The van der Waals surface area contributed by atoms with Gasteiger partial charge in [0.1, 0.15) is 5.82 Å². The van der Waals surface area contributed by atoms with Crippen LogP contribution in [0.5, 0.6) is 0 Å². The second-order valence-corrected chi connectivity index (χ2v) is 7.44. The Morgan fingerprint density at radius 1 is 1.22 bits per heavy atom. The normalized spacial score (nSPS) is 15.7. The van der Waals surface area contributed by atoms with E-state index in [-0.39, 0.29) is 5.91 Å². The standard InChI is InChI=1S/C17H22N4OS/c1-12-10-15(13(2)23-12)17(22)19-14-4-5-16(18-11-14)21-8-6-20(3)7-9-21/h4-5,10-11H,6-9H2,1-3H3,(H,19,22). The monoisotopic (exact) mass is 330 g/mol. The van der Waals surface area contributed by atoms with Gasteiger partial charge in [-0.15, -0.1) is 11.3 Å². The van der Waals surface area contributed by atoms with Gasteiger partial charge in [-0.1, -0.05) is 0 Å². The van der Waals surface area contributed by atoms with Gasteiger partial charge in [0.2, 0.25) is 0 Å². The topological polar surface area (TPSA) is 48.5 Å². The van der Waals surface area contributed by atoms with Crippen LogP contribution in [0.3, 0.4) is 0 Å². The molecular formula is C17H22N4OS. The van der Waals surface area contributed by atoms with Crippen molar-refractivity contribution in [2.45, 2.75) is 13.8 Å². The minimum absolute atomic E-state index is 0.0685. The van der Waals surface area contributed by atoms with E-state index in [0.29, 0.717) is 0 Å². The molecule has 0 aromatic carbocycles. The van der Waals surface area contributed by atoms with Crippen LogP contribution < -0.4 is 10.2 Å². The third-order valence-corrected chi connectivity index (χ3v) is 5.08. The molecular weight excluding hydrogens is 308 g/mol. The molecule has 23 heavy (non-hydrogen) atoms. The fraction of sp³-hybridized carbons (Fsp3) is 0.412. The summed E-state index contributed by atoms with van der Waals surface area (Å²) in [6.07, 6.45) is 1.74. The molecule has 0 saturated carbocycles. The minimum Gasteiger partial charge on any atom is -0.354 e. The van der Waals surface area contributed by atoms with Crippen molar-refractivity contribution in [1.29, 1.82) is 0 Å². The number of thiophene rings is 1. The van der Waals surface area contributed by atoms with E-state index in [1.54, 1.807) is 17.5 Å². The molecule has 1 aliphatic heterocycles. The second kappa shape index (κ2) is 6.68. The van der Waals surface area contributed by atoms with E-state index in [0.717, 1.165) is 53.0 Å². The van der Waals surface area contributed by atoms with Gasteiger partial charge >= 0.3 is 0 Å². The molecule has 0 radical (unpaired) electrons. The number of amides is 1. The van der Waals surface area contributed by atoms with Gasteiger partial charge in [0, 0.05) is 35.9 Å². The molecule has 1 amide bonds. The third kappa shape index (κ3) is 3.71. The maximum atomic E-state index is 12.3. The fourth-order valence-corrected chi connectivity index (χ4v) is 3.66. The summed E-state index contributed by atoms with van der Waals surface area (Å²) >= 11 is 1.64. The van der Waals surface area contributed by atoms with Crippen molar-refractivity contribution in [3.63, 3.8) is 0 Å². The molecule has 0 bridgehead atoms. The number of carbonyl (C=O) groups is 1. The zero-order chi connectivity index (χ0) is 16.4. The highest BCUT2D eigenvalue weighted by molar-refractivity contribution is 7.12. The van der Waals surface area contributed by atoms with E-state index < -0.39 is 0 Å². The number of carbonyl (C=O) groups excluding carboxylic acids is 1. The molecule has 1 N–H and O–H groups in total. The summed E-state index contributed by atoms with van der Waals surface area (Å²) in [5.74, 6) is 0.902. The lowest BCUT2D eigenvalue weighted by Crippen LogP contribution is -2.44. The van der Waals surface area contributed by atoms with E-state index in [2.05, 4.69) is 27.1 Å². The summed E-state index contributed by atoms with van der Waals surface area (Å²) in [5.41, 5.74) is 1.48. The Morgan fingerprint density at radius 2 is 1.96 bits per heavy atom. The molecule has 122 valence electrons. The SMILES string of the molecule is Cc1cc(C(=O)Nc2ccc(N3CCN(C)CC3)nc2)c(C)s1. The van der Waals surface area contributed by atoms with Gasteiger partial charge in [0.25, 0.3) is 5.91 Å². The Kier molecular flexibility index (Phi) is 4.63. The molecule has 1 aliphatic rings. The molecule has 0 atom stereocenters. The number of anilines is 2. The number of hydrogen-bond acceptors (Lipinski definition) is 5. The van der Waals surface area contributed by atoms with Gasteiger partial charge in [-0.3, -0.25) is 4.79 Å². The summed E-state index contributed by atoms with van der Waals surface area (Å²) in [6.45, 7) is 8.07. The molecule has 0 spiro atoms. The number of nitrogens with one attached hydrogen (secondary N) is 1. The summed E-state index contributed by atoms with van der Waals surface area (Å²) in [7, 11) is 2.14. The van der Waals surface area contributed by atoms with Crippen LogP contribution >= 0.6 is 11.3 Å². The maximum absolute atomic E-state index is 12.3. The number of piperazine rings is 1. The lowest BCUT2D eigenvalue weighted by atomic mass is 10.2. The first-order valence-electron chi connectivity index (χ1n) is 7.81. The van der Waals surface area contributed by atoms with Crippen LogP contribution in [0, 0.1) is 13.8 Å². The number of nitrogens with zero attached hydrogens (tertiary/aromatic N) is 3. The number of aryl methyl sites for hydroxylation is 2. The number of aromatic nitrogens is 1. The summed E-state index contributed by atoms with van der Waals surface area (Å²) in [4.78, 5) is 23.6. The van der Waals surface area contributed by atoms with Crippen LogP contribution in [-0.4, -0.2) is 49.0 Å². The predicted octanol–water partition coefficient (Wildman–Crippen LogP) is 2.76. The number of pyridine rings is 1. The van der Waals surface area contributed by atoms with Gasteiger partial charge in [0.15, 0.2) is 0 Å². The molecule has 6 heteroatoms. The minimum atomic E-state index is -0.0685. The number of likely N-dealkylation sites (N-methyl/N-ethyl adjacent to an activating group) is 1. The average Bonchev–Trinajstić information content (AvgIpc) is 2.88. The van der Waals surface area contributed by atoms with Crippen LogP contribution in [0.25, 0.3) is 0 Å². The molecule has 0 aliphatic carbocycles. The Bertz CT molecular complexity index is 687. The maximum Gasteiger partial charge on any atom is 0.256 e. The van der Waals surface area contributed by atoms with Gasteiger partial charge < -0.3 is 15.1 Å². The first-order valence-corrected chi connectivity index (χ1v) is 8.62. The average molecular weight is 330 g/mol. The van der Waals surface area contributed by atoms with Crippen molar-refractivity contribution in [1.82, 2.24) is 9.88 Å². The number of hydrogen-bond donors (Lipinski definition) is 1. The van der Waals surface area contributed by atoms with Crippen molar-refractivity contribution in [3.8, 4) is 0 Å². The van der Waals surface area contributed by atoms with Crippen LogP contribution in [0.1, 0.15) is 20.1 Å². The lowest BCUT2D eigenvalue weighted by molar-refractivity contribution is 0.102. The predicted molar refractivity (Wildman–Crippen MR) is 95.7 cm³/mol. The molecule has 2 aromatic heterocycles. The van der Waals surface area contributed by atoms with Crippen LogP contribution in [0.15, 0.2) is 24.4 Å². The van der Waals surface area contributed by atoms with Gasteiger partial charge in [0.05, 0.1) is 17.4 Å². The van der Waals surface area contributed by atoms with E-state index in [1.807, 2.05) is 32.0 Å². The van der Waals surface area contributed by atoms with Crippen molar-refractivity contribution in [2.24, 2.45) is 0 Å². The van der Waals surface area contributed by atoms with Crippen molar-refractivity contribution in [2.75, 3.05) is 43.4 Å². The molecule has 2 aromatic rings. The highest BCUT2D eigenvalue weighted by atomic mass is 32.1. The highest BCUT2D eigenvalue weighted by Crippen LogP contribution is 2.22. The Morgan fingerprint density at radius 3 is 2.52 bits per heavy atom. The smallest absolute Gasteiger partial charge is 0.256 e. The van der Waals surface area contributed by atoms with E-state index in [9.17, 15) is 4.79 Å². The first-order chi connectivity index (χ1) is 11.0. The Labute approximate surface area is 140 Å². The summed E-state index contributed by atoms with van der Waals surface area (Å²) in [6, 6.07) is 5.83. The van der Waals surface area contributed by atoms with Crippen LogP contribution in [0.4, 0.5) is 11.5 Å². The van der Waals surface area contributed by atoms with Crippen molar-refractivity contribution in [3.05, 3.63) is 39.7 Å². The van der Waals surface area contributed by atoms with Gasteiger partial charge in [-0.05, 0) is 39.1 Å². The summed E-state index contributed by atoms with van der Waals surface area (Å²) < 4.78 is 0. The molecule has 5 nitrogen and oxygen atoms in total. The van der Waals surface area contributed by atoms with E-state index in [4.69, 9.17) is 0 Å². The lowest BCUT2D eigenvalue weighted by Gasteiger charge is -2.33. The molecule has 1 fully saturated rings. The Hall–Kier alpha value is -1.92. The Balaban J connectivity index is 1.65. The highest BCUT2D eigenvalue weighted by Gasteiger charge is 2.16. The van der Waals surface area contributed by atoms with E-state index >= 15 is 0 Å². The quantitative estimate of drug-likeness (QED) is 0.940. The van der Waals surface area contributed by atoms with Crippen molar-refractivity contribution >= 4 is 28.7 Å². The molecule has 0 unspecified atom stereocenters. The molecule has 1 saturated heterocycles. The largest absolute Gasteiger partial charge is 0.354 e. The first kappa shape index (κ1) is 16.0. The molecule has 3 rings (SSSR count). The zero-order valence-corrected chi connectivity index (χ0v) is 14.6.